The molecule has 0 aliphatic heterocycles. The zero-order valence-corrected chi connectivity index (χ0v) is 16.2. The monoisotopic (exact) mass is 342 g/mol. The number of benzene rings is 3. The maximum absolute atomic E-state index is 4.35. The van der Waals surface area contributed by atoms with Crippen LogP contribution in [0.15, 0.2) is 67.2 Å². The van der Waals surface area contributed by atoms with E-state index < -0.39 is 0 Å². The zero-order valence-electron chi connectivity index (χ0n) is 16.2. The van der Waals surface area contributed by atoms with Crippen LogP contribution >= 0.6 is 0 Å². The van der Waals surface area contributed by atoms with E-state index in [1.54, 1.807) is 0 Å². The molecule has 0 amide bonds. The summed E-state index contributed by atoms with van der Waals surface area (Å²) in [6.07, 6.45) is 7.10. The second-order valence-electron chi connectivity index (χ2n) is 7.41. The minimum Gasteiger partial charge on any atom is -0.0952 e. The zero-order chi connectivity index (χ0) is 18.4. The van der Waals surface area contributed by atoms with Crippen molar-refractivity contribution in [3.8, 4) is 0 Å². The van der Waals surface area contributed by atoms with Gasteiger partial charge in [-0.2, -0.15) is 0 Å². The summed E-state index contributed by atoms with van der Waals surface area (Å²) in [6, 6.07) is 22.2. The first-order valence-electron chi connectivity index (χ1n) is 9.92. The van der Waals surface area contributed by atoms with Crippen molar-refractivity contribution in [1.29, 1.82) is 0 Å². The molecule has 0 unspecified atom stereocenters. The summed E-state index contributed by atoms with van der Waals surface area (Å²) in [5.74, 6) is 0. The summed E-state index contributed by atoms with van der Waals surface area (Å²) in [7, 11) is 0. The van der Waals surface area contributed by atoms with E-state index in [1.807, 2.05) is 0 Å². The highest BCUT2D eigenvalue weighted by atomic mass is 14.1. The van der Waals surface area contributed by atoms with Gasteiger partial charge in [-0.05, 0) is 71.7 Å². The minimum atomic E-state index is 1.00. The Morgan fingerprint density at radius 3 is 2.46 bits per heavy atom. The smallest absolute Gasteiger partial charge is 0.0151 e. The molecule has 0 aliphatic rings. The lowest BCUT2D eigenvalue weighted by atomic mass is 9.93. The van der Waals surface area contributed by atoms with E-state index in [-0.39, 0.29) is 0 Å². The van der Waals surface area contributed by atoms with Gasteiger partial charge in [0.25, 0.3) is 0 Å². The number of fused-ring (bicyclic) bond motifs is 1. The molecule has 0 bridgehead atoms. The summed E-state index contributed by atoms with van der Waals surface area (Å²) in [4.78, 5) is 0. The van der Waals surface area contributed by atoms with Crippen molar-refractivity contribution >= 4 is 16.3 Å². The van der Waals surface area contributed by atoms with Gasteiger partial charge in [-0.15, -0.1) is 0 Å². The largest absolute Gasteiger partial charge is 0.0952 e. The Kier molecular flexibility index (Phi) is 6.28. The van der Waals surface area contributed by atoms with Gasteiger partial charge in [0.2, 0.25) is 0 Å². The third kappa shape index (κ3) is 4.64. The lowest BCUT2D eigenvalue weighted by Crippen LogP contribution is -1.92. The Morgan fingerprint density at radius 2 is 1.69 bits per heavy atom. The molecule has 26 heavy (non-hydrogen) atoms. The Labute approximate surface area is 158 Å². The highest BCUT2D eigenvalue weighted by Crippen LogP contribution is 2.27. The van der Waals surface area contributed by atoms with Gasteiger partial charge in [0.05, 0.1) is 0 Å². The summed E-state index contributed by atoms with van der Waals surface area (Å²) in [5.41, 5.74) is 6.73. The van der Waals surface area contributed by atoms with E-state index in [0.717, 1.165) is 12.8 Å². The van der Waals surface area contributed by atoms with Gasteiger partial charge in [-0.3, -0.25) is 0 Å². The first-order valence-corrected chi connectivity index (χ1v) is 9.92. The third-order valence-electron chi connectivity index (χ3n) is 5.20. The van der Waals surface area contributed by atoms with E-state index in [1.165, 1.54) is 64.3 Å². The average molecular weight is 343 g/mol. The van der Waals surface area contributed by atoms with Crippen molar-refractivity contribution in [3.05, 3.63) is 89.5 Å². The minimum absolute atomic E-state index is 1.00. The van der Waals surface area contributed by atoms with E-state index >= 15 is 0 Å². The van der Waals surface area contributed by atoms with Crippen LogP contribution in [-0.2, 0) is 12.8 Å². The van der Waals surface area contributed by atoms with E-state index in [0.29, 0.717) is 0 Å². The van der Waals surface area contributed by atoms with Crippen LogP contribution in [0.4, 0.5) is 0 Å². The Morgan fingerprint density at radius 1 is 0.885 bits per heavy atom. The molecule has 0 aromatic heterocycles. The third-order valence-corrected chi connectivity index (χ3v) is 5.20. The summed E-state index contributed by atoms with van der Waals surface area (Å²) in [6.45, 7) is 8.83. The predicted molar refractivity (Wildman–Crippen MR) is 116 cm³/mol. The van der Waals surface area contributed by atoms with E-state index in [4.69, 9.17) is 0 Å². The van der Waals surface area contributed by atoms with Crippen molar-refractivity contribution in [3.63, 3.8) is 0 Å². The van der Waals surface area contributed by atoms with Crippen LogP contribution in [0.2, 0.25) is 0 Å². The Balaban J connectivity index is 1.78. The summed E-state index contributed by atoms with van der Waals surface area (Å²) >= 11 is 0. The highest BCUT2D eigenvalue weighted by Gasteiger charge is 2.06. The molecule has 0 saturated carbocycles. The Bertz CT molecular complexity index is 871. The first kappa shape index (κ1) is 18.5. The number of hydrogen-bond donors (Lipinski definition) is 0. The Hall–Kier alpha value is -2.34. The molecule has 0 atom stereocenters. The van der Waals surface area contributed by atoms with Gasteiger partial charge in [-0.25, -0.2) is 0 Å². The van der Waals surface area contributed by atoms with Gasteiger partial charge >= 0.3 is 0 Å². The molecule has 3 rings (SSSR count). The molecule has 0 aliphatic carbocycles. The van der Waals surface area contributed by atoms with Crippen molar-refractivity contribution in [2.45, 2.75) is 52.4 Å². The van der Waals surface area contributed by atoms with Crippen molar-refractivity contribution in [1.82, 2.24) is 0 Å². The second kappa shape index (κ2) is 8.85. The lowest BCUT2D eigenvalue weighted by Gasteiger charge is -2.12. The maximum Gasteiger partial charge on any atom is -0.0151 e. The lowest BCUT2D eigenvalue weighted by molar-refractivity contribution is 0.719. The first-order chi connectivity index (χ1) is 12.7. The second-order valence-corrected chi connectivity index (χ2v) is 7.41. The van der Waals surface area contributed by atoms with Crippen LogP contribution in [0.5, 0.6) is 0 Å². The van der Waals surface area contributed by atoms with Crippen LogP contribution in [-0.4, -0.2) is 0 Å². The molecule has 3 aromatic carbocycles. The molecule has 0 heteroatoms. The molecule has 134 valence electrons. The standard InChI is InChI=1S/C26H30/c1-4-5-7-12-24-17-20(2)18-25-19-23(15-16-26(24)25)21(3)13-14-22-10-8-6-9-11-22/h6,8-11,15-19H,3-5,7,12-14H2,1-2H3. The van der Waals surface area contributed by atoms with Crippen LogP contribution < -0.4 is 0 Å². The molecule has 0 radical (unpaired) electrons. The normalized spacial score (nSPS) is 11.0. The van der Waals surface area contributed by atoms with Gasteiger partial charge in [0.1, 0.15) is 0 Å². The maximum atomic E-state index is 4.35. The van der Waals surface area contributed by atoms with Gasteiger partial charge in [0, 0.05) is 0 Å². The summed E-state index contributed by atoms with van der Waals surface area (Å²) in [5, 5.41) is 2.76. The number of rotatable bonds is 8. The fourth-order valence-electron chi connectivity index (χ4n) is 3.69. The van der Waals surface area contributed by atoms with Crippen LogP contribution in [0.25, 0.3) is 16.3 Å². The van der Waals surface area contributed by atoms with Crippen LogP contribution in [0.3, 0.4) is 0 Å². The molecule has 0 nitrogen and oxygen atoms in total. The fourth-order valence-corrected chi connectivity index (χ4v) is 3.69. The number of allylic oxidation sites excluding steroid dienone is 1. The highest BCUT2D eigenvalue weighted by molar-refractivity contribution is 5.89. The SMILES string of the molecule is C=C(CCc1ccccc1)c1ccc2c(CCCCC)cc(C)cc2c1. The number of hydrogen-bond acceptors (Lipinski definition) is 0. The molecular weight excluding hydrogens is 312 g/mol. The molecular formula is C26H30. The molecule has 0 fully saturated rings. The predicted octanol–water partition coefficient (Wildman–Crippen LogP) is 7.53. The topological polar surface area (TPSA) is 0 Å². The van der Waals surface area contributed by atoms with Crippen molar-refractivity contribution in [2.24, 2.45) is 0 Å². The van der Waals surface area contributed by atoms with Crippen LogP contribution in [0.1, 0.15) is 54.9 Å². The van der Waals surface area contributed by atoms with Crippen molar-refractivity contribution in [2.75, 3.05) is 0 Å². The van der Waals surface area contributed by atoms with Crippen molar-refractivity contribution < 1.29 is 0 Å². The van der Waals surface area contributed by atoms with Gasteiger partial charge < -0.3 is 0 Å². The number of unbranched alkanes of at least 4 members (excludes halogenated alkanes) is 2. The van der Waals surface area contributed by atoms with Gasteiger partial charge in [0.15, 0.2) is 0 Å². The van der Waals surface area contributed by atoms with Crippen LogP contribution in [0, 0.1) is 6.92 Å². The van der Waals surface area contributed by atoms with E-state index in [2.05, 4.69) is 81.1 Å². The summed E-state index contributed by atoms with van der Waals surface area (Å²) < 4.78 is 0. The fraction of sp³-hybridized carbons (Fsp3) is 0.308. The average Bonchev–Trinajstić information content (AvgIpc) is 2.66. The number of aryl methyl sites for hydroxylation is 3. The van der Waals surface area contributed by atoms with E-state index in [9.17, 15) is 0 Å². The molecule has 3 aromatic rings. The quantitative estimate of drug-likeness (QED) is 0.371. The molecule has 0 saturated heterocycles. The molecule has 0 spiro atoms. The molecule has 0 heterocycles. The molecule has 0 N–H and O–H groups in total. The van der Waals surface area contributed by atoms with Gasteiger partial charge in [-0.1, -0.05) is 86.5 Å².